The Morgan fingerprint density at radius 2 is 1.89 bits per heavy atom. The van der Waals surface area contributed by atoms with Crippen molar-refractivity contribution < 1.29 is 14.3 Å². The van der Waals surface area contributed by atoms with E-state index >= 15 is 0 Å². The number of carbonyl (C=O) groups excluding carboxylic acids is 2. The lowest BCUT2D eigenvalue weighted by molar-refractivity contribution is -0.124. The number of amides is 1. The van der Waals surface area contributed by atoms with Crippen molar-refractivity contribution in [1.82, 2.24) is 4.90 Å². The molecule has 102 valence electrons. The van der Waals surface area contributed by atoms with Gasteiger partial charge in [-0.05, 0) is 53.0 Å². The molecule has 0 unspecified atom stereocenters. The van der Waals surface area contributed by atoms with Gasteiger partial charge in [0.25, 0.3) is 0 Å². The zero-order chi connectivity index (χ0) is 14.1. The first-order valence-corrected chi connectivity index (χ1v) is 6.29. The van der Waals surface area contributed by atoms with E-state index in [2.05, 4.69) is 6.58 Å². The summed E-state index contributed by atoms with van der Waals surface area (Å²) in [7, 11) is 0. The minimum Gasteiger partial charge on any atom is -0.444 e. The highest BCUT2D eigenvalue weighted by molar-refractivity contribution is 6.03. The molecule has 0 spiro atoms. The van der Waals surface area contributed by atoms with Gasteiger partial charge in [0.2, 0.25) is 0 Å². The molecule has 1 aliphatic heterocycles. The largest absolute Gasteiger partial charge is 0.444 e. The predicted molar refractivity (Wildman–Crippen MR) is 70.4 cm³/mol. The monoisotopic (exact) mass is 253 g/mol. The van der Waals surface area contributed by atoms with Crippen LogP contribution < -0.4 is 0 Å². The van der Waals surface area contributed by atoms with Crippen LogP contribution in [0.3, 0.4) is 0 Å². The maximum absolute atomic E-state index is 12.2. The van der Waals surface area contributed by atoms with E-state index in [0.717, 1.165) is 6.42 Å². The third-order valence-electron chi connectivity index (χ3n) is 3.13. The van der Waals surface area contributed by atoms with E-state index in [4.69, 9.17) is 4.74 Å². The topological polar surface area (TPSA) is 46.6 Å². The lowest BCUT2D eigenvalue weighted by Gasteiger charge is -2.35. The van der Waals surface area contributed by atoms with Gasteiger partial charge in [0.05, 0.1) is 0 Å². The van der Waals surface area contributed by atoms with E-state index in [1.807, 2.05) is 20.8 Å². The van der Waals surface area contributed by atoms with E-state index in [0.29, 0.717) is 18.5 Å². The second-order valence-electron chi connectivity index (χ2n) is 6.12. The number of nitrogens with zero attached hydrogens (tertiary/aromatic N) is 1. The number of rotatable bonds is 2. The van der Waals surface area contributed by atoms with Crippen molar-refractivity contribution >= 4 is 11.9 Å². The number of hydrogen-bond donors (Lipinski definition) is 0. The summed E-state index contributed by atoms with van der Waals surface area (Å²) in [5.41, 5.74) is -0.867. The van der Waals surface area contributed by atoms with E-state index in [9.17, 15) is 9.59 Å². The van der Waals surface area contributed by atoms with Crippen molar-refractivity contribution in [2.75, 3.05) is 6.54 Å². The van der Waals surface area contributed by atoms with E-state index in [1.165, 1.54) is 4.90 Å². The molecule has 1 amide bonds. The van der Waals surface area contributed by atoms with Crippen LogP contribution in [0.2, 0.25) is 0 Å². The van der Waals surface area contributed by atoms with E-state index < -0.39 is 17.2 Å². The molecule has 1 heterocycles. The second kappa shape index (κ2) is 4.75. The molecule has 4 nitrogen and oxygen atoms in total. The van der Waals surface area contributed by atoms with Crippen LogP contribution in [0.25, 0.3) is 0 Å². The first kappa shape index (κ1) is 14.7. The van der Waals surface area contributed by atoms with Gasteiger partial charge in [-0.3, -0.25) is 9.69 Å². The molecule has 0 N–H and O–H groups in total. The fourth-order valence-corrected chi connectivity index (χ4v) is 2.27. The number of likely N-dealkylation sites (tertiary alicyclic amines) is 1. The third-order valence-corrected chi connectivity index (χ3v) is 3.13. The zero-order valence-corrected chi connectivity index (χ0v) is 12.0. The van der Waals surface area contributed by atoms with Crippen LogP contribution in [-0.2, 0) is 9.53 Å². The van der Waals surface area contributed by atoms with Gasteiger partial charge in [0.15, 0.2) is 5.78 Å². The molecule has 0 aliphatic carbocycles. The highest BCUT2D eigenvalue weighted by Gasteiger charge is 2.46. The molecule has 0 saturated carbocycles. The Morgan fingerprint density at radius 1 is 1.33 bits per heavy atom. The normalized spacial score (nSPS) is 23.9. The summed E-state index contributed by atoms with van der Waals surface area (Å²) < 4.78 is 5.35. The van der Waals surface area contributed by atoms with Crippen LogP contribution in [0.4, 0.5) is 4.79 Å². The molecule has 0 aromatic heterocycles. The summed E-state index contributed by atoms with van der Waals surface area (Å²) in [5, 5.41) is 0. The Morgan fingerprint density at radius 3 is 2.33 bits per heavy atom. The van der Waals surface area contributed by atoms with Crippen molar-refractivity contribution in [3.05, 3.63) is 12.2 Å². The van der Waals surface area contributed by atoms with Crippen LogP contribution in [0, 0.1) is 0 Å². The lowest BCUT2D eigenvalue weighted by atomic mass is 9.90. The molecule has 1 aliphatic rings. The highest BCUT2D eigenvalue weighted by atomic mass is 16.6. The summed E-state index contributed by atoms with van der Waals surface area (Å²) in [5.74, 6) is -0.0779. The zero-order valence-electron chi connectivity index (χ0n) is 12.0. The standard InChI is InChI=1S/C14H23NO3/c1-10(2)11(16)14(6)8-7-9-15(14)12(17)18-13(3,4)5/h1,7-9H2,2-6H3/t14-/m1/s1. The average molecular weight is 253 g/mol. The van der Waals surface area contributed by atoms with Crippen LogP contribution in [0.15, 0.2) is 12.2 Å². The second-order valence-corrected chi connectivity index (χ2v) is 6.12. The first-order valence-electron chi connectivity index (χ1n) is 6.29. The Kier molecular flexibility index (Phi) is 3.89. The minimum atomic E-state index is -0.797. The van der Waals surface area contributed by atoms with E-state index in [-0.39, 0.29) is 5.78 Å². The summed E-state index contributed by atoms with van der Waals surface area (Å²) in [6.45, 7) is 13.2. The summed E-state index contributed by atoms with van der Waals surface area (Å²) in [4.78, 5) is 25.9. The molecule has 4 heteroatoms. The number of Topliss-reactive ketones (excluding diaryl/α,β-unsaturated/α-hetero) is 1. The molecule has 1 atom stereocenters. The van der Waals surface area contributed by atoms with Crippen molar-refractivity contribution in [2.45, 2.75) is 58.6 Å². The molecule has 1 fully saturated rings. The van der Waals surface area contributed by atoms with Gasteiger partial charge in [-0.2, -0.15) is 0 Å². The lowest BCUT2D eigenvalue weighted by Crippen LogP contribution is -2.52. The molecule has 0 bridgehead atoms. The smallest absolute Gasteiger partial charge is 0.411 e. The van der Waals surface area contributed by atoms with Gasteiger partial charge >= 0.3 is 6.09 Å². The van der Waals surface area contributed by atoms with Crippen LogP contribution >= 0.6 is 0 Å². The molecule has 0 aromatic carbocycles. The quantitative estimate of drug-likeness (QED) is 0.711. The van der Waals surface area contributed by atoms with Gasteiger partial charge < -0.3 is 4.74 Å². The first-order chi connectivity index (χ1) is 8.08. The predicted octanol–water partition coefficient (Wildman–Crippen LogP) is 2.92. The molecular weight excluding hydrogens is 230 g/mol. The van der Waals surface area contributed by atoms with Gasteiger partial charge in [-0.25, -0.2) is 4.79 Å². The Bertz CT molecular complexity index is 381. The van der Waals surface area contributed by atoms with Crippen LogP contribution in [-0.4, -0.2) is 34.5 Å². The summed E-state index contributed by atoms with van der Waals surface area (Å²) >= 11 is 0. The van der Waals surface area contributed by atoms with Crippen LogP contribution in [0.5, 0.6) is 0 Å². The van der Waals surface area contributed by atoms with Crippen molar-refractivity contribution in [1.29, 1.82) is 0 Å². The molecule has 18 heavy (non-hydrogen) atoms. The summed E-state index contributed by atoms with van der Waals surface area (Å²) in [6, 6.07) is 0. The van der Waals surface area contributed by atoms with Gasteiger partial charge in [-0.1, -0.05) is 6.58 Å². The Balaban J connectivity index is 2.91. The SMILES string of the molecule is C=C(C)C(=O)[C@@]1(C)CCCN1C(=O)OC(C)(C)C. The van der Waals surface area contributed by atoms with Gasteiger partial charge in [-0.15, -0.1) is 0 Å². The minimum absolute atomic E-state index is 0.0779. The Labute approximate surface area is 109 Å². The van der Waals surface area contributed by atoms with Crippen LogP contribution in [0.1, 0.15) is 47.5 Å². The van der Waals surface area contributed by atoms with Crippen molar-refractivity contribution in [3.63, 3.8) is 0 Å². The number of ketones is 1. The summed E-state index contributed by atoms with van der Waals surface area (Å²) in [6.07, 6.45) is 1.06. The van der Waals surface area contributed by atoms with Gasteiger partial charge in [0.1, 0.15) is 11.1 Å². The molecule has 0 radical (unpaired) electrons. The molecule has 1 saturated heterocycles. The molecule has 1 rings (SSSR count). The maximum atomic E-state index is 12.2. The fraction of sp³-hybridized carbons (Fsp3) is 0.714. The van der Waals surface area contributed by atoms with Gasteiger partial charge in [0, 0.05) is 6.54 Å². The highest BCUT2D eigenvalue weighted by Crippen LogP contribution is 2.33. The van der Waals surface area contributed by atoms with Crippen molar-refractivity contribution in [3.8, 4) is 0 Å². The number of hydrogen-bond acceptors (Lipinski definition) is 3. The average Bonchev–Trinajstić information content (AvgIpc) is 2.57. The molecular formula is C14H23NO3. The maximum Gasteiger partial charge on any atom is 0.411 e. The Hall–Kier alpha value is -1.32. The number of ether oxygens (including phenoxy) is 1. The fourth-order valence-electron chi connectivity index (χ4n) is 2.27. The third kappa shape index (κ3) is 2.92. The number of carbonyl (C=O) groups is 2. The van der Waals surface area contributed by atoms with Crippen molar-refractivity contribution in [2.24, 2.45) is 0 Å². The molecule has 0 aromatic rings. The van der Waals surface area contributed by atoms with E-state index in [1.54, 1.807) is 13.8 Å².